The van der Waals surface area contributed by atoms with Crippen LogP contribution in [-0.2, 0) is 21.0 Å². The molecule has 3 aliphatic carbocycles. The molecule has 178 valence electrons. The third-order valence-corrected chi connectivity index (χ3v) is 11.2. The summed E-state index contributed by atoms with van der Waals surface area (Å²) < 4.78 is 51.6. The van der Waals surface area contributed by atoms with E-state index in [0.29, 0.717) is 30.6 Å². The summed E-state index contributed by atoms with van der Waals surface area (Å²) in [6.45, 7) is 5.59. The van der Waals surface area contributed by atoms with Crippen LogP contribution in [0.4, 0.5) is 8.78 Å². The van der Waals surface area contributed by atoms with E-state index in [4.69, 9.17) is 0 Å². The normalized spacial score (nSPS) is 32.7. The van der Waals surface area contributed by atoms with Crippen LogP contribution in [0.2, 0.25) is 0 Å². The lowest BCUT2D eigenvalue weighted by atomic mass is 9.84. The molecule has 0 radical (unpaired) electrons. The van der Waals surface area contributed by atoms with E-state index in [2.05, 4.69) is 24.0 Å². The Morgan fingerprint density at radius 1 is 1.06 bits per heavy atom. The topological polar surface area (TPSA) is 37.4 Å². The molecule has 0 bridgehead atoms. The quantitative estimate of drug-likeness (QED) is 0.478. The van der Waals surface area contributed by atoms with E-state index in [1.54, 1.807) is 0 Å². The largest absolute Gasteiger partial charge is 0.303 e. The lowest BCUT2D eigenvalue weighted by Gasteiger charge is -2.29. The van der Waals surface area contributed by atoms with Crippen LogP contribution in [0.1, 0.15) is 75.8 Å². The maximum Gasteiger partial charge on any atom is 0.248 e. The Labute approximate surface area is 191 Å². The zero-order valence-electron chi connectivity index (χ0n) is 19.2. The van der Waals surface area contributed by atoms with Gasteiger partial charge >= 0.3 is 0 Å². The summed E-state index contributed by atoms with van der Waals surface area (Å²) in [7, 11) is -2.99. The molecule has 1 aliphatic heterocycles. The summed E-state index contributed by atoms with van der Waals surface area (Å²) in [5.74, 6) is -0.432. The van der Waals surface area contributed by atoms with Gasteiger partial charge in [0.05, 0.1) is 11.0 Å². The molecule has 0 N–H and O–H groups in total. The average Bonchev–Trinajstić information content (AvgIpc) is 3.66. The summed E-state index contributed by atoms with van der Waals surface area (Å²) in [5, 5.41) is -0.106. The smallest absolute Gasteiger partial charge is 0.248 e. The van der Waals surface area contributed by atoms with Crippen molar-refractivity contribution in [3.63, 3.8) is 0 Å². The van der Waals surface area contributed by atoms with Crippen LogP contribution in [0.5, 0.6) is 0 Å². The minimum Gasteiger partial charge on any atom is -0.303 e. The molecule has 3 saturated carbocycles. The van der Waals surface area contributed by atoms with E-state index in [0.717, 1.165) is 57.3 Å². The molecule has 0 amide bonds. The molecule has 32 heavy (non-hydrogen) atoms. The summed E-state index contributed by atoms with van der Waals surface area (Å²) >= 11 is 0. The highest BCUT2D eigenvalue weighted by Gasteiger charge is 2.67. The average molecular weight is 466 g/mol. The van der Waals surface area contributed by atoms with Gasteiger partial charge in [-0.1, -0.05) is 31.2 Å². The lowest BCUT2D eigenvalue weighted by Crippen LogP contribution is -2.31. The van der Waals surface area contributed by atoms with Crippen molar-refractivity contribution < 1.29 is 17.2 Å². The first-order chi connectivity index (χ1) is 15.2. The van der Waals surface area contributed by atoms with Gasteiger partial charge in [-0.3, -0.25) is 0 Å². The lowest BCUT2D eigenvalue weighted by molar-refractivity contribution is -0.0468. The number of sulfone groups is 1. The van der Waals surface area contributed by atoms with Crippen molar-refractivity contribution in [2.24, 2.45) is 17.8 Å². The van der Waals surface area contributed by atoms with Crippen molar-refractivity contribution in [3.05, 3.63) is 35.4 Å². The number of fused-ring (bicyclic) bond motifs is 1. The van der Waals surface area contributed by atoms with Crippen molar-refractivity contribution >= 4 is 9.84 Å². The minimum atomic E-state index is -2.99. The van der Waals surface area contributed by atoms with E-state index in [1.807, 2.05) is 12.1 Å². The number of rotatable bonds is 9. The number of hydrogen-bond donors (Lipinski definition) is 0. The number of halogens is 2. The fourth-order valence-electron chi connectivity index (χ4n) is 6.88. The molecule has 0 aromatic heterocycles. The molecule has 4 aliphatic rings. The van der Waals surface area contributed by atoms with Crippen LogP contribution >= 0.6 is 0 Å². The maximum absolute atomic E-state index is 13.3. The van der Waals surface area contributed by atoms with Gasteiger partial charge in [0.15, 0.2) is 9.84 Å². The summed E-state index contributed by atoms with van der Waals surface area (Å²) in [6, 6.07) is 8.39. The third-order valence-electron chi connectivity index (χ3n) is 8.98. The molecule has 3 nitrogen and oxygen atoms in total. The van der Waals surface area contributed by atoms with Gasteiger partial charge in [0, 0.05) is 31.3 Å². The zero-order valence-corrected chi connectivity index (χ0v) is 20.1. The fourth-order valence-corrected chi connectivity index (χ4v) is 8.61. The van der Waals surface area contributed by atoms with Gasteiger partial charge in [-0.15, -0.1) is 0 Å². The molecule has 1 unspecified atom stereocenters. The van der Waals surface area contributed by atoms with Crippen LogP contribution in [0, 0.1) is 17.8 Å². The van der Waals surface area contributed by atoms with Crippen molar-refractivity contribution in [3.8, 4) is 0 Å². The van der Waals surface area contributed by atoms with Crippen molar-refractivity contribution in [2.75, 3.05) is 19.6 Å². The molecule has 1 saturated heterocycles. The number of hydrogen-bond acceptors (Lipinski definition) is 3. The molecule has 1 heterocycles. The predicted octanol–water partition coefficient (Wildman–Crippen LogP) is 5.58. The Morgan fingerprint density at radius 3 is 2.38 bits per heavy atom. The molecule has 5 rings (SSSR count). The Hall–Kier alpha value is -1.01. The van der Waals surface area contributed by atoms with Gasteiger partial charge in [-0.2, -0.15) is 0 Å². The number of nitrogens with zero attached hydrogens (tertiary/aromatic N) is 1. The third kappa shape index (κ3) is 4.38. The van der Waals surface area contributed by atoms with E-state index in [-0.39, 0.29) is 29.3 Å². The second kappa shape index (κ2) is 8.33. The first-order valence-corrected chi connectivity index (χ1v) is 14.4. The highest BCUT2D eigenvalue weighted by atomic mass is 32.2. The first kappa shape index (κ1) is 22.8. The summed E-state index contributed by atoms with van der Waals surface area (Å²) in [6.07, 6.45) is 6.47. The molecular weight excluding hydrogens is 428 g/mol. The molecule has 6 heteroatoms. The van der Waals surface area contributed by atoms with Gasteiger partial charge in [0.1, 0.15) is 0 Å². The van der Waals surface area contributed by atoms with Gasteiger partial charge < -0.3 is 4.90 Å². The number of alkyl halides is 2. The number of benzene rings is 1. The number of likely N-dealkylation sites (tertiary alicyclic amines) is 1. The Balaban J connectivity index is 1.14. The summed E-state index contributed by atoms with van der Waals surface area (Å²) in [4.78, 5) is 2.57. The fraction of sp³-hybridized carbons (Fsp3) is 0.769. The highest BCUT2D eigenvalue weighted by Crippen LogP contribution is 2.65. The van der Waals surface area contributed by atoms with Gasteiger partial charge in [-0.25, -0.2) is 17.2 Å². The molecule has 1 aromatic carbocycles. The van der Waals surface area contributed by atoms with Crippen LogP contribution in [-0.4, -0.2) is 44.1 Å². The second-order valence-electron chi connectivity index (χ2n) is 11.0. The van der Waals surface area contributed by atoms with E-state index < -0.39 is 15.8 Å². The SMILES string of the molecule is CCC1(c2cccc(CS(=O)(=O)C3CC3)c2)[C@@H]2CN(CCCC3CCC(F)(F)CC3)C[C@@H]21. The van der Waals surface area contributed by atoms with Crippen molar-refractivity contribution in [1.82, 2.24) is 4.90 Å². The van der Waals surface area contributed by atoms with Crippen LogP contribution in [0.25, 0.3) is 0 Å². The minimum absolute atomic E-state index is 0.0750. The molecule has 4 fully saturated rings. The Kier molecular flexibility index (Phi) is 5.93. The monoisotopic (exact) mass is 465 g/mol. The van der Waals surface area contributed by atoms with E-state index in [9.17, 15) is 17.2 Å². The summed E-state index contributed by atoms with van der Waals surface area (Å²) in [5.41, 5.74) is 2.49. The standard InChI is InChI=1S/C26H37F2NO2S/c1-2-26(21-7-3-5-20(15-21)18-32(30,31)22-8-9-22)23-16-29(17-24(23)26)14-4-6-19-10-12-25(27,28)13-11-19/h3,5,7,15,19,22-24H,2,4,6,8-14,16-18H2,1H3/t23-,24+,26?. The van der Waals surface area contributed by atoms with Gasteiger partial charge in [-0.05, 0) is 80.4 Å². The number of piperidine rings is 1. The molecular formula is C26H37F2NO2S. The van der Waals surface area contributed by atoms with Crippen LogP contribution in [0.3, 0.4) is 0 Å². The predicted molar refractivity (Wildman–Crippen MR) is 124 cm³/mol. The van der Waals surface area contributed by atoms with E-state index >= 15 is 0 Å². The highest BCUT2D eigenvalue weighted by molar-refractivity contribution is 7.91. The molecule has 1 aromatic rings. The Morgan fingerprint density at radius 2 is 1.75 bits per heavy atom. The van der Waals surface area contributed by atoms with Crippen LogP contribution < -0.4 is 0 Å². The Bertz CT molecular complexity index is 921. The first-order valence-electron chi connectivity index (χ1n) is 12.6. The second-order valence-corrected chi connectivity index (χ2v) is 13.3. The van der Waals surface area contributed by atoms with Crippen LogP contribution in [0.15, 0.2) is 24.3 Å². The molecule has 3 atom stereocenters. The van der Waals surface area contributed by atoms with Gasteiger partial charge in [0.25, 0.3) is 0 Å². The maximum atomic E-state index is 13.3. The zero-order chi connectivity index (χ0) is 22.6. The van der Waals surface area contributed by atoms with Crippen molar-refractivity contribution in [1.29, 1.82) is 0 Å². The molecule has 0 spiro atoms. The van der Waals surface area contributed by atoms with Crippen molar-refractivity contribution in [2.45, 2.75) is 87.1 Å². The van der Waals surface area contributed by atoms with Gasteiger partial charge in [0.2, 0.25) is 5.92 Å². The van der Waals surface area contributed by atoms with E-state index in [1.165, 1.54) is 5.56 Å².